The number of rotatable bonds is 9. The summed E-state index contributed by atoms with van der Waals surface area (Å²) < 4.78 is 6.47. The van der Waals surface area contributed by atoms with Gasteiger partial charge in [-0.15, -0.1) is 29.3 Å². The van der Waals surface area contributed by atoms with E-state index in [1.165, 1.54) is 34.4 Å². The van der Waals surface area contributed by atoms with Crippen LogP contribution in [0.1, 0.15) is 15.9 Å². The molecule has 0 fully saturated rings. The standard InChI is InChI=1S/C30H25N3O4S3/c1-4-14-33-28(35)25-22(19-12-10-18(2)11-13-19)16-38-27(25)32-30(33)39-17-24(34)31-26-21(29(36)37-3)15-23(40-26)20-8-6-5-7-9-20/h4-13,15-16H,1,14,17H2,2-3H3,(H,31,34). The SMILES string of the molecule is C=CCn1c(SCC(=O)Nc2sc(-c3ccccc3)cc2C(=O)OC)nc2scc(-c3ccc(C)cc3)c2c1=O. The van der Waals surface area contributed by atoms with Crippen molar-refractivity contribution in [1.82, 2.24) is 9.55 Å². The Morgan fingerprint density at radius 3 is 2.58 bits per heavy atom. The largest absolute Gasteiger partial charge is 0.465 e. The molecule has 202 valence electrons. The van der Waals surface area contributed by atoms with Gasteiger partial charge in [0.25, 0.3) is 5.56 Å². The molecule has 2 aromatic carbocycles. The molecule has 0 aliphatic carbocycles. The maximum Gasteiger partial charge on any atom is 0.340 e. The normalized spacial score (nSPS) is 10.9. The van der Waals surface area contributed by atoms with Crippen LogP contribution in [0.15, 0.2) is 88.6 Å². The number of benzene rings is 2. The van der Waals surface area contributed by atoms with Gasteiger partial charge in [-0.25, -0.2) is 9.78 Å². The molecule has 0 radical (unpaired) electrons. The summed E-state index contributed by atoms with van der Waals surface area (Å²) >= 11 is 3.86. The van der Waals surface area contributed by atoms with E-state index in [0.29, 0.717) is 20.4 Å². The van der Waals surface area contributed by atoms with Crippen molar-refractivity contribution >= 4 is 61.5 Å². The third-order valence-electron chi connectivity index (χ3n) is 6.11. The number of esters is 1. The van der Waals surface area contributed by atoms with Gasteiger partial charge in [0.2, 0.25) is 5.91 Å². The lowest BCUT2D eigenvalue weighted by molar-refractivity contribution is -0.113. The summed E-state index contributed by atoms with van der Waals surface area (Å²) in [6, 6.07) is 19.3. The minimum Gasteiger partial charge on any atom is -0.465 e. The van der Waals surface area contributed by atoms with Crippen LogP contribution in [0.2, 0.25) is 0 Å². The molecule has 0 unspecified atom stereocenters. The Labute approximate surface area is 243 Å². The number of carbonyl (C=O) groups excluding carboxylic acids is 2. The number of nitrogens with zero attached hydrogens (tertiary/aromatic N) is 2. The summed E-state index contributed by atoms with van der Waals surface area (Å²) in [6.45, 7) is 6.07. The Morgan fingerprint density at radius 2 is 1.88 bits per heavy atom. The summed E-state index contributed by atoms with van der Waals surface area (Å²) in [5, 5.41) is 6.17. The van der Waals surface area contributed by atoms with Gasteiger partial charge in [-0.2, -0.15) is 0 Å². The molecule has 5 aromatic rings. The fraction of sp³-hybridized carbons (Fsp3) is 0.133. The van der Waals surface area contributed by atoms with E-state index in [1.54, 1.807) is 12.1 Å². The average Bonchev–Trinajstić information content (AvgIpc) is 3.59. The number of ether oxygens (including phenoxy) is 1. The lowest BCUT2D eigenvalue weighted by atomic mass is 10.1. The van der Waals surface area contributed by atoms with Crippen LogP contribution in [0.4, 0.5) is 5.00 Å². The molecule has 0 aliphatic rings. The first-order valence-electron chi connectivity index (χ1n) is 12.3. The molecule has 0 aliphatic heterocycles. The highest BCUT2D eigenvalue weighted by Crippen LogP contribution is 2.36. The van der Waals surface area contributed by atoms with E-state index >= 15 is 0 Å². The number of carbonyl (C=O) groups is 2. The molecule has 1 N–H and O–H groups in total. The van der Waals surface area contributed by atoms with Crippen LogP contribution in [0.25, 0.3) is 31.8 Å². The maximum absolute atomic E-state index is 13.6. The van der Waals surface area contributed by atoms with Crippen LogP contribution >= 0.6 is 34.4 Å². The molecule has 1 amide bonds. The van der Waals surface area contributed by atoms with Gasteiger partial charge in [-0.1, -0.05) is 78.0 Å². The first-order chi connectivity index (χ1) is 19.4. The molecule has 0 saturated carbocycles. The summed E-state index contributed by atoms with van der Waals surface area (Å²) in [5.41, 5.74) is 3.97. The maximum atomic E-state index is 13.6. The van der Waals surface area contributed by atoms with Crippen molar-refractivity contribution in [3.8, 4) is 21.6 Å². The number of allylic oxidation sites excluding steroid dienone is 1. The zero-order chi connectivity index (χ0) is 28.2. The van der Waals surface area contributed by atoms with Gasteiger partial charge in [-0.3, -0.25) is 14.2 Å². The lowest BCUT2D eigenvalue weighted by Gasteiger charge is -2.11. The zero-order valence-electron chi connectivity index (χ0n) is 21.8. The van der Waals surface area contributed by atoms with Crippen LogP contribution in [0, 0.1) is 6.92 Å². The van der Waals surface area contributed by atoms with Crippen LogP contribution in [0.5, 0.6) is 0 Å². The Balaban J connectivity index is 1.40. The van der Waals surface area contributed by atoms with Gasteiger partial charge in [0.05, 0.1) is 23.8 Å². The molecule has 3 aromatic heterocycles. The van der Waals surface area contributed by atoms with Gasteiger partial charge in [0, 0.05) is 22.4 Å². The number of aromatic nitrogens is 2. The van der Waals surface area contributed by atoms with Crippen molar-refractivity contribution in [2.24, 2.45) is 0 Å². The minimum atomic E-state index is -0.532. The summed E-state index contributed by atoms with van der Waals surface area (Å²) in [5.74, 6) is -0.872. The van der Waals surface area contributed by atoms with E-state index in [2.05, 4.69) is 11.9 Å². The smallest absolute Gasteiger partial charge is 0.340 e. The van der Waals surface area contributed by atoms with E-state index < -0.39 is 5.97 Å². The molecule has 10 heteroatoms. The fourth-order valence-electron chi connectivity index (χ4n) is 4.13. The number of hydrogen-bond donors (Lipinski definition) is 1. The molecule has 0 bridgehead atoms. The zero-order valence-corrected chi connectivity index (χ0v) is 24.3. The van der Waals surface area contributed by atoms with E-state index in [1.807, 2.05) is 66.9 Å². The van der Waals surface area contributed by atoms with E-state index in [0.717, 1.165) is 38.9 Å². The van der Waals surface area contributed by atoms with Crippen molar-refractivity contribution in [3.05, 3.63) is 100 Å². The Kier molecular flexibility index (Phi) is 8.29. The minimum absolute atomic E-state index is 0.00946. The molecule has 5 rings (SSSR count). The van der Waals surface area contributed by atoms with Gasteiger partial charge < -0.3 is 10.1 Å². The van der Waals surface area contributed by atoms with Crippen LogP contribution < -0.4 is 10.9 Å². The number of anilines is 1. The molecule has 40 heavy (non-hydrogen) atoms. The second-order valence-corrected chi connectivity index (χ2v) is 11.7. The molecule has 0 saturated heterocycles. The van der Waals surface area contributed by atoms with Crippen molar-refractivity contribution in [3.63, 3.8) is 0 Å². The topological polar surface area (TPSA) is 90.3 Å². The number of methoxy groups -OCH3 is 1. The van der Waals surface area contributed by atoms with Crippen LogP contribution in [0.3, 0.4) is 0 Å². The molecule has 0 atom stereocenters. The average molecular weight is 588 g/mol. The number of thioether (sulfide) groups is 1. The van der Waals surface area contributed by atoms with Crippen LogP contribution in [-0.4, -0.2) is 34.3 Å². The molecular weight excluding hydrogens is 563 g/mol. The van der Waals surface area contributed by atoms with E-state index in [-0.39, 0.29) is 29.3 Å². The summed E-state index contributed by atoms with van der Waals surface area (Å²) in [4.78, 5) is 45.2. The fourth-order valence-corrected chi connectivity index (χ4v) is 7.00. The monoisotopic (exact) mass is 587 g/mol. The number of hydrogen-bond acceptors (Lipinski definition) is 8. The van der Waals surface area contributed by atoms with Gasteiger partial charge in [0.15, 0.2) is 5.16 Å². The summed E-state index contributed by atoms with van der Waals surface area (Å²) in [7, 11) is 1.30. The van der Waals surface area contributed by atoms with E-state index in [9.17, 15) is 14.4 Å². The Hall–Kier alpha value is -3.99. The predicted molar refractivity (Wildman–Crippen MR) is 165 cm³/mol. The highest BCUT2D eigenvalue weighted by molar-refractivity contribution is 7.99. The Morgan fingerprint density at radius 1 is 1.12 bits per heavy atom. The number of fused-ring (bicyclic) bond motifs is 1. The molecular formula is C30H25N3O4S3. The van der Waals surface area contributed by atoms with Crippen molar-refractivity contribution in [2.75, 3.05) is 18.2 Å². The predicted octanol–water partition coefficient (Wildman–Crippen LogP) is 6.87. The highest BCUT2D eigenvalue weighted by atomic mass is 32.2. The number of amides is 1. The molecule has 7 nitrogen and oxygen atoms in total. The van der Waals surface area contributed by atoms with Crippen molar-refractivity contribution in [2.45, 2.75) is 18.6 Å². The molecule has 0 spiro atoms. The number of thiophene rings is 2. The van der Waals surface area contributed by atoms with Gasteiger partial charge in [-0.05, 0) is 24.1 Å². The second-order valence-electron chi connectivity index (χ2n) is 8.84. The van der Waals surface area contributed by atoms with Crippen LogP contribution in [-0.2, 0) is 16.1 Å². The van der Waals surface area contributed by atoms with Gasteiger partial charge >= 0.3 is 5.97 Å². The number of nitrogens with one attached hydrogen (secondary N) is 1. The van der Waals surface area contributed by atoms with Crippen molar-refractivity contribution in [1.29, 1.82) is 0 Å². The third-order valence-corrected chi connectivity index (χ3v) is 9.06. The summed E-state index contributed by atoms with van der Waals surface area (Å²) in [6.07, 6.45) is 1.64. The molecule has 3 heterocycles. The van der Waals surface area contributed by atoms with Crippen molar-refractivity contribution < 1.29 is 14.3 Å². The van der Waals surface area contributed by atoms with E-state index in [4.69, 9.17) is 9.72 Å². The third kappa shape index (κ3) is 5.65. The number of aryl methyl sites for hydroxylation is 1. The Bertz CT molecular complexity index is 1770. The lowest BCUT2D eigenvalue weighted by Crippen LogP contribution is -2.23. The highest BCUT2D eigenvalue weighted by Gasteiger charge is 2.21. The van der Waals surface area contributed by atoms with Gasteiger partial charge in [0.1, 0.15) is 9.83 Å². The first kappa shape index (κ1) is 27.6. The second kappa shape index (κ2) is 12.0. The first-order valence-corrected chi connectivity index (χ1v) is 15.0. The quantitative estimate of drug-likeness (QED) is 0.0877.